The number of hydrogen-bond acceptors (Lipinski definition) is 2. The van der Waals surface area contributed by atoms with Gasteiger partial charge in [-0.15, -0.1) is 0 Å². The van der Waals surface area contributed by atoms with Crippen LogP contribution in [-0.4, -0.2) is 14.8 Å². The van der Waals surface area contributed by atoms with Crippen LogP contribution in [0, 0.1) is 12.7 Å². The highest BCUT2D eigenvalue weighted by Gasteiger charge is 2.17. The summed E-state index contributed by atoms with van der Waals surface area (Å²) in [6.45, 7) is 2.05. The molecule has 0 spiro atoms. The van der Waals surface area contributed by atoms with Crippen LogP contribution in [0.5, 0.6) is 0 Å². The van der Waals surface area contributed by atoms with Gasteiger partial charge in [0.15, 0.2) is 0 Å². The average Bonchev–Trinajstić information content (AvgIpc) is 3.09. The molecule has 3 aromatic carbocycles. The normalized spacial score (nSPS) is 11.4. The third-order valence-corrected chi connectivity index (χ3v) is 5.10. The highest BCUT2D eigenvalue weighted by molar-refractivity contribution is 6.31. The van der Waals surface area contributed by atoms with Crippen molar-refractivity contribution in [1.29, 1.82) is 0 Å². The topological polar surface area (TPSA) is 30.7 Å². The average molecular weight is 388 g/mol. The molecular weight excluding hydrogens is 373 g/mol. The summed E-state index contributed by atoms with van der Waals surface area (Å²) in [6, 6.07) is 20.1. The second-order valence-electron chi connectivity index (χ2n) is 6.78. The van der Waals surface area contributed by atoms with Crippen molar-refractivity contribution in [3.05, 3.63) is 89.3 Å². The van der Waals surface area contributed by atoms with Gasteiger partial charge >= 0.3 is 0 Å². The zero-order valence-electron chi connectivity index (χ0n) is 15.0. The lowest BCUT2D eigenvalue weighted by Crippen LogP contribution is -1.97. The Bertz CT molecular complexity index is 1320. The van der Waals surface area contributed by atoms with Crippen molar-refractivity contribution in [2.45, 2.75) is 6.92 Å². The van der Waals surface area contributed by atoms with Crippen molar-refractivity contribution in [1.82, 2.24) is 14.8 Å². The van der Waals surface area contributed by atoms with E-state index in [1.165, 1.54) is 17.7 Å². The standard InChI is InChI=1S/C23H15ClFN3/c1-14-2-4-15(5-3-14)22-20-13-26-21-11-6-16(24)12-19(21)23(20)28(27-22)18-9-7-17(25)8-10-18/h2-13H,1H3. The molecule has 0 bridgehead atoms. The highest BCUT2D eigenvalue weighted by Crippen LogP contribution is 2.34. The quantitative estimate of drug-likeness (QED) is 0.353. The van der Waals surface area contributed by atoms with Gasteiger partial charge in [0.2, 0.25) is 0 Å². The number of pyridine rings is 1. The number of nitrogens with zero attached hydrogens (tertiary/aromatic N) is 3. The predicted molar refractivity (Wildman–Crippen MR) is 112 cm³/mol. The first-order valence-electron chi connectivity index (χ1n) is 8.90. The molecule has 0 aliphatic rings. The molecule has 0 unspecified atom stereocenters. The summed E-state index contributed by atoms with van der Waals surface area (Å²) in [5.41, 5.74) is 5.51. The zero-order chi connectivity index (χ0) is 19.3. The van der Waals surface area contributed by atoms with Crippen molar-refractivity contribution < 1.29 is 4.39 Å². The fourth-order valence-electron chi connectivity index (χ4n) is 3.45. The molecule has 0 radical (unpaired) electrons. The van der Waals surface area contributed by atoms with Crippen molar-refractivity contribution >= 4 is 33.4 Å². The minimum Gasteiger partial charge on any atom is -0.255 e. The van der Waals surface area contributed by atoms with Gasteiger partial charge in [0.25, 0.3) is 0 Å². The number of fused-ring (bicyclic) bond motifs is 3. The van der Waals surface area contributed by atoms with Gasteiger partial charge in [-0.3, -0.25) is 4.98 Å². The summed E-state index contributed by atoms with van der Waals surface area (Å²) in [5.74, 6) is -0.284. The van der Waals surface area contributed by atoms with Crippen LogP contribution in [0.4, 0.5) is 4.39 Å². The van der Waals surface area contributed by atoms with Crippen LogP contribution in [0.25, 0.3) is 38.8 Å². The molecule has 5 heteroatoms. The van der Waals surface area contributed by atoms with Crippen molar-refractivity contribution in [3.63, 3.8) is 0 Å². The smallest absolute Gasteiger partial charge is 0.123 e. The molecule has 0 atom stereocenters. The maximum atomic E-state index is 13.5. The third-order valence-electron chi connectivity index (χ3n) is 4.86. The minimum absolute atomic E-state index is 0.284. The Morgan fingerprint density at radius 1 is 0.893 bits per heavy atom. The molecule has 5 aromatic rings. The number of aromatic nitrogens is 3. The van der Waals surface area contributed by atoms with Gasteiger partial charge in [0.1, 0.15) is 11.5 Å². The summed E-state index contributed by atoms with van der Waals surface area (Å²) in [6.07, 6.45) is 1.84. The van der Waals surface area contributed by atoms with Gasteiger partial charge in [-0.05, 0) is 49.4 Å². The lowest BCUT2D eigenvalue weighted by molar-refractivity contribution is 0.627. The van der Waals surface area contributed by atoms with Crippen LogP contribution in [0.1, 0.15) is 5.56 Å². The maximum absolute atomic E-state index is 13.5. The summed E-state index contributed by atoms with van der Waals surface area (Å²) in [7, 11) is 0. The second kappa shape index (κ2) is 6.43. The molecule has 0 fully saturated rings. The van der Waals surface area contributed by atoms with Gasteiger partial charge in [-0.25, -0.2) is 9.07 Å². The highest BCUT2D eigenvalue weighted by atomic mass is 35.5. The van der Waals surface area contributed by atoms with E-state index >= 15 is 0 Å². The fourth-order valence-corrected chi connectivity index (χ4v) is 3.62. The van der Waals surface area contributed by atoms with Crippen LogP contribution in [-0.2, 0) is 0 Å². The molecule has 2 heterocycles. The Morgan fingerprint density at radius 2 is 1.64 bits per heavy atom. The Kier molecular flexibility index (Phi) is 3.88. The molecule has 5 rings (SSSR count). The molecule has 0 saturated heterocycles. The lowest BCUT2D eigenvalue weighted by atomic mass is 10.1. The molecule has 0 amide bonds. The zero-order valence-corrected chi connectivity index (χ0v) is 15.8. The van der Waals surface area contributed by atoms with E-state index in [-0.39, 0.29) is 5.82 Å². The van der Waals surface area contributed by atoms with E-state index in [2.05, 4.69) is 24.0 Å². The molecule has 28 heavy (non-hydrogen) atoms. The Hall–Kier alpha value is -3.24. The first-order chi connectivity index (χ1) is 13.6. The molecule has 0 saturated carbocycles. The third kappa shape index (κ3) is 2.74. The number of halogens is 2. The monoisotopic (exact) mass is 387 g/mol. The number of hydrogen-bond donors (Lipinski definition) is 0. The molecule has 0 aliphatic heterocycles. The van der Waals surface area contributed by atoms with Crippen molar-refractivity contribution in [2.75, 3.05) is 0 Å². The van der Waals surface area contributed by atoms with Crippen LogP contribution >= 0.6 is 11.6 Å². The summed E-state index contributed by atoms with van der Waals surface area (Å²) < 4.78 is 15.3. The van der Waals surface area contributed by atoms with Crippen LogP contribution in [0.3, 0.4) is 0 Å². The number of benzene rings is 3. The summed E-state index contributed by atoms with van der Waals surface area (Å²) >= 11 is 6.27. The van der Waals surface area contributed by atoms with Crippen LogP contribution < -0.4 is 0 Å². The predicted octanol–water partition coefficient (Wildman–Crippen LogP) is 6.34. The molecule has 2 aromatic heterocycles. The largest absolute Gasteiger partial charge is 0.255 e. The van der Waals surface area contributed by atoms with Gasteiger partial charge in [-0.1, -0.05) is 41.4 Å². The van der Waals surface area contributed by atoms with E-state index in [1.807, 2.05) is 41.2 Å². The Labute approximate surface area is 166 Å². The summed E-state index contributed by atoms with van der Waals surface area (Å²) in [4.78, 5) is 4.60. The van der Waals surface area contributed by atoms with E-state index in [0.717, 1.165) is 38.8 Å². The van der Waals surface area contributed by atoms with E-state index in [9.17, 15) is 4.39 Å². The number of rotatable bonds is 2. The van der Waals surface area contributed by atoms with Gasteiger partial charge in [0, 0.05) is 27.6 Å². The van der Waals surface area contributed by atoms with E-state index in [1.54, 1.807) is 12.1 Å². The first-order valence-corrected chi connectivity index (χ1v) is 9.28. The van der Waals surface area contributed by atoms with Gasteiger partial charge in [-0.2, -0.15) is 5.10 Å². The molecule has 0 aliphatic carbocycles. The van der Waals surface area contributed by atoms with E-state index in [0.29, 0.717) is 5.02 Å². The molecule has 0 N–H and O–H groups in total. The lowest BCUT2D eigenvalue weighted by Gasteiger charge is -2.06. The van der Waals surface area contributed by atoms with Crippen molar-refractivity contribution in [2.24, 2.45) is 0 Å². The Balaban J connectivity index is 1.90. The SMILES string of the molecule is Cc1ccc(-c2nn(-c3ccc(F)cc3)c3c2cnc2ccc(Cl)cc23)cc1. The van der Waals surface area contributed by atoms with Crippen molar-refractivity contribution in [3.8, 4) is 16.9 Å². The van der Waals surface area contributed by atoms with E-state index in [4.69, 9.17) is 16.7 Å². The number of aryl methyl sites for hydroxylation is 1. The minimum atomic E-state index is -0.284. The van der Waals surface area contributed by atoms with Gasteiger partial charge < -0.3 is 0 Å². The molecular formula is C23H15ClFN3. The first kappa shape index (κ1) is 16.9. The molecule has 3 nitrogen and oxygen atoms in total. The Morgan fingerprint density at radius 3 is 2.39 bits per heavy atom. The van der Waals surface area contributed by atoms with E-state index < -0.39 is 0 Å². The second-order valence-corrected chi connectivity index (χ2v) is 7.22. The van der Waals surface area contributed by atoms with Gasteiger partial charge in [0.05, 0.1) is 16.7 Å². The maximum Gasteiger partial charge on any atom is 0.123 e. The van der Waals surface area contributed by atoms with Crippen LogP contribution in [0.2, 0.25) is 5.02 Å². The fraction of sp³-hybridized carbons (Fsp3) is 0.0435. The van der Waals surface area contributed by atoms with Crippen LogP contribution in [0.15, 0.2) is 72.9 Å². The summed E-state index contributed by atoms with van der Waals surface area (Å²) in [5, 5.41) is 7.33. The molecule has 136 valence electrons.